The van der Waals surface area contributed by atoms with E-state index in [4.69, 9.17) is 4.98 Å². The van der Waals surface area contributed by atoms with Gasteiger partial charge in [0, 0.05) is 50.3 Å². The van der Waals surface area contributed by atoms with Crippen LogP contribution in [0.15, 0.2) is 53.7 Å². The lowest BCUT2D eigenvalue weighted by Crippen LogP contribution is -2.48. The maximum absolute atomic E-state index is 12.6. The van der Waals surface area contributed by atoms with Gasteiger partial charge in [0.1, 0.15) is 5.52 Å². The summed E-state index contributed by atoms with van der Waals surface area (Å²) in [4.78, 5) is 21.9. The van der Waals surface area contributed by atoms with Crippen molar-refractivity contribution in [3.63, 3.8) is 0 Å². The first-order valence-corrected chi connectivity index (χ1v) is 13.4. The number of rotatable bonds is 8. The van der Waals surface area contributed by atoms with Crippen LogP contribution < -0.4 is 0 Å². The summed E-state index contributed by atoms with van der Waals surface area (Å²) in [6, 6.07) is 16.7. The molecular weight excluding hydrogens is 456 g/mol. The Morgan fingerprint density at radius 3 is 2.57 bits per heavy atom. The highest BCUT2D eigenvalue weighted by atomic mass is 32.2. The Kier molecular flexibility index (Phi) is 7.29. The minimum absolute atomic E-state index is 0.259. The Balaban J connectivity index is 1.28. The Labute approximate surface area is 210 Å². The summed E-state index contributed by atoms with van der Waals surface area (Å²) in [5.41, 5.74) is 5.33. The fourth-order valence-electron chi connectivity index (χ4n) is 4.73. The molecule has 1 aliphatic heterocycles. The Morgan fingerprint density at radius 2 is 1.77 bits per heavy atom. The molecule has 182 valence electrons. The Bertz CT molecular complexity index is 1330. The van der Waals surface area contributed by atoms with Crippen molar-refractivity contribution in [1.82, 2.24) is 29.5 Å². The van der Waals surface area contributed by atoms with Crippen LogP contribution >= 0.6 is 11.8 Å². The summed E-state index contributed by atoms with van der Waals surface area (Å²) in [7, 11) is 0. The van der Waals surface area contributed by atoms with E-state index < -0.39 is 0 Å². The molecular formula is C27H32N6OS. The van der Waals surface area contributed by atoms with Gasteiger partial charge in [-0.15, -0.1) is 10.2 Å². The normalized spacial score (nSPS) is 14.7. The van der Waals surface area contributed by atoms with Gasteiger partial charge < -0.3 is 14.4 Å². The molecule has 0 atom stereocenters. The fourth-order valence-corrected chi connectivity index (χ4v) is 5.45. The zero-order valence-corrected chi connectivity index (χ0v) is 21.3. The first kappa shape index (κ1) is 23.8. The van der Waals surface area contributed by atoms with Crippen LogP contribution in [-0.2, 0) is 11.3 Å². The third-order valence-electron chi connectivity index (χ3n) is 6.88. The quantitative estimate of drug-likeness (QED) is 0.271. The zero-order chi connectivity index (χ0) is 24.2. The highest BCUT2D eigenvalue weighted by Crippen LogP contribution is 2.28. The number of hydrogen-bond acceptors (Lipinski definition) is 6. The number of likely N-dealkylation sites (N-methyl/N-ethyl adjacent to an activating group) is 1. The molecule has 35 heavy (non-hydrogen) atoms. The second-order valence-corrected chi connectivity index (χ2v) is 10.1. The summed E-state index contributed by atoms with van der Waals surface area (Å²) in [5, 5.41) is 10.7. The molecule has 1 saturated heterocycles. The lowest BCUT2D eigenvalue weighted by molar-refractivity contribution is -0.132. The fraction of sp³-hybridized carbons (Fsp3) is 0.407. The van der Waals surface area contributed by atoms with Crippen molar-refractivity contribution in [3.05, 3.63) is 59.7 Å². The van der Waals surface area contributed by atoms with Crippen LogP contribution in [0.25, 0.3) is 22.1 Å². The van der Waals surface area contributed by atoms with Gasteiger partial charge in [0.2, 0.25) is 11.1 Å². The lowest BCUT2D eigenvalue weighted by Gasteiger charge is -2.34. The van der Waals surface area contributed by atoms with Crippen molar-refractivity contribution in [2.24, 2.45) is 0 Å². The number of carbonyl (C=O) groups is 1. The number of fused-ring (bicyclic) bond motifs is 3. The molecule has 2 aromatic carbocycles. The highest BCUT2D eigenvalue weighted by Gasteiger charge is 2.20. The monoisotopic (exact) mass is 488 g/mol. The van der Waals surface area contributed by atoms with Gasteiger partial charge in [0.05, 0.1) is 5.52 Å². The second-order valence-electron chi connectivity index (χ2n) is 9.06. The predicted octanol–water partition coefficient (Wildman–Crippen LogP) is 4.37. The molecule has 8 heteroatoms. The highest BCUT2D eigenvalue weighted by molar-refractivity contribution is 7.99. The van der Waals surface area contributed by atoms with Crippen molar-refractivity contribution >= 4 is 39.7 Å². The van der Waals surface area contributed by atoms with Crippen molar-refractivity contribution in [2.45, 2.75) is 38.4 Å². The largest absolute Gasteiger partial charge is 0.340 e. The minimum Gasteiger partial charge on any atom is -0.340 e. The lowest BCUT2D eigenvalue weighted by atomic mass is 10.1. The molecule has 0 aliphatic carbocycles. The van der Waals surface area contributed by atoms with Crippen LogP contribution in [0, 0.1) is 6.92 Å². The molecule has 2 aromatic heterocycles. The van der Waals surface area contributed by atoms with Crippen LogP contribution in [0.5, 0.6) is 0 Å². The molecule has 5 rings (SSSR count). The first-order chi connectivity index (χ1) is 17.1. The minimum atomic E-state index is 0.259. The van der Waals surface area contributed by atoms with Crippen LogP contribution in [0.1, 0.15) is 30.9 Å². The van der Waals surface area contributed by atoms with Gasteiger partial charge in [-0.3, -0.25) is 4.79 Å². The summed E-state index contributed by atoms with van der Waals surface area (Å²) in [5.74, 6) is 1.06. The number of carbonyl (C=O) groups excluding carboxylic acids is 1. The third kappa shape index (κ3) is 5.18. The van der Waals surface area contributed by atoms with E-state index in [2.05, 4.69) is 76.0 Å². The number of hydrogen-bond donors (Lipinski definition) is 0. The molecule has 0 N–H and O–H groups in total. The number of piperazine rings is 1. The summed E-state index contributed by atoms with van der Waals surface area (Å²) < 4.78 is 2.24. The molecule has 1 aliphatic rings. The summed E-state index contributed by atoms with van der Waals surface area (Å²) >= 11 is 1.58. The van der Waals surface area contributed by atoms with E-state index in [0.29, 0.717) is 11.6 Å². The van der Waals surface area contributed by atoms with Crippen molar-refractivity contribution in [1.29, 1.82) is 0 Å². The molecule has 0 spiro atoms. The van der Waals surface area contributed by atoms with Gasteiger partial charge in [0.15, 0.2) is 5.65 Å². The van der Waals surface area contributed by atoms with Crippen molar-refractivity contribution < 1.29 is 4.79 Å². The molecule has 1 amide bonds. The van der Waals surface area contributed by atoms with E-state index in [1.807, 2.05) is 11.0 Å². The number of aromatic nitrogens is 4. The SMILES string of the molecule is CCN1CCN(C(=O)CCCSc2nnc3c4ccccc4n(Cc4ccccc4C)c3n2)CC1. The average Bonchev–Trinajstić information content (AvgIpc) is 3.20. The Morgan fingerprint density at radius 1 is 1.00 bits per heavy atom. The van der Waals surface area contributed by atoms with Gasteiger partial charge in [-0.25, -0.2) is 4.98 Å². The molecule has 1 fully saturated rings. The van der Waals surface area contributed by atoms with Crippen LogP contribution in [0.4, 0.5) is 0 Å². The van der Waals surface area contributed by atoms with Crippen LogP contribution in [-0.4, -0.2) is 73.9 Å². The van der Waals surface area contributed by atoms with E-state index in [-0.39, 0.29) is 5.91 Å². The van der Waals surface area contributed by atoms with E-state index in [9.17, 15) is 4.79 Å². The topological polar surface area (TPSA) is 67.2 Å². The van der Waals surface area contributed by atoms with Crippen molar-refractivity contribution in [2.75, 3.05) is 38.5 Å². The Hall–Kier alpha value is -2.97. The standard InChI is InChI=1S/C27H32N6OS/c1-3-31-14-16-32(17-15-31)24(34)13-8-18-35-27-28-26-25(29-30-27)22-11-6-7-12-23(22)33(26)19-21-10-5-4-9-20(21)2/h4-7,9-12H,3,8,13-19H2,1-2H3. The second kappa shape index (κ2) is 10.7. The molecule has 0 radical (unpaired) electrons. The number of thioether (sulfide) groups is 1. The number of nitrogens with zero attached hydrogens (tertiary/aromatic N) is 6. The smallest absolute Gasteiger partial charge is 0.222 e. The van der Waals surface area contributed by atoms with E-state index in [1.54, 1.807) is 11.8 Å². The molecule has 3 heterocycles. The number of amides is 1. The average molecular weight is 489 g/mol. The van der Waals surface area contributed by atoms with Gasteiger partial charge in [-0.2, -0.15) is 0 Å². The van der Waals surface area contributed by atoms with Gasteiger partial charge >= 0.3 is 0 Å². The zero-order valence-electron chi connectivity index (χ0n) is 20.5. The number of aryl methyl sites for hydroxylation is 1. The summed E-state index contributed by atoms with van der Waals surface area (Å²) in [6.45, 7) is 9.75. The summed E-state index contributed by atoms with van der Waals surface area (Å²) in [6.07, 6.45) is 1.38. The molecule has 0 bridgehead atoms. The van der Waals surface area contributed by atoms with Gasteiger partial charge in [-0.1, -0.05) is 61.2 Å². The molecule has 7 nitrogen and oxygen atoms in total. The van der Waals surface area contributed by atoms with Gasteiger partial charge in [-0.05, 0) is 37.1 Å². The van der Waals surface area contributed by atoms with E-state index in [1.165, 1.54) is 11.1 Å². The predicted molar refractivity (Wildman–Crippen MR) is 142 cm³/mol. The number of benzene rings is 2. The number of para-hydroxylation sites is 1. The molecule has 4 aromatic rings. The van der Waals surface area contributed by atoms with Crippen LogP contribution in [0.2, 0.25) is 0 Å². The molecule has 0 unspecified atom stereocenters. The van der Waals surface area contributed by atoms with Gasteiger partial charge in [0.25, 0.3) is 0 Å². The van der Waals surface area contributed by atoms with E-state index in [0.717, 1.165) is 73.5 Å². The first-order valence-electron chi connectivity index (χ1n) is 12.4. The molecule has 0 saturated carbocycles. The van der Waals surface area contributed by atoms with E-state index >= 15 is 0 Å². The maximum atomic E-state index is 12.6. The van der Waals surface area contributed by atoms with Crippen molar-refractivity contribution in [3.8, 4) is 0 Å². The third-order valence-corrected chi connectivity index (χ3v) is 7.81. The van der Waals surface area contributed by atoms with Crippen LogP contribution in [0.3, 0.4) is 0 Å². The maximum Gasteiger partial charge on any atom is 0.222 e.